The highest BCUT2D eigenvalue weighted by Gasteiger charge is 2.36. The third kappa shape index (κ3) is 4.14. The van der Waals surface area contributed by atoms with Crippen LogP contribution in [0.2, 0.25) is 0 Å². The summed E-state index contributed by atoms with van der Waals surface area (Å²) in [5.41, 5.74) is 3.93. The summed E-state index contributed by atoms with van der Waals surface area (Å²) in [6.07, 6.45) is 1.24. The van der Waals surface area contributed by atoms with E-state index in [1.807, 2.05) is 102 Å². The molecule has 35 heavy (non-hydrogen) atoms. The second-order valence-corrected chi connectivity index (χ2v) is 8.26. The van der Waals surface area contributed by atoms with Gasteiger partial charge in [0.25, 0.3) is 5.91 Å². The Morgan fingerprint density at radius 1 is 0.971 bits per heavy atom. The van der Waals surface area contributed by atoms with Gasteiger partial charge < -0.3 is 15.0 Å². The smallest absolute Gasteiger partial charge is 0.266 e. The van der Waals surface area contributed by atoms with Gasteiger partial charge in [-0.1, -0.05) is 48.5 Å². The van der Waals surface area contributed by atoms with E-state index in [9.17, 15) is 10.1 Å². The first-order chi connectivity index (χ1) is 17.1. The van der Waals surface area contributed by atoms with E-state index in [0.717, 1.165) is 22.5 Å². The van der Waals surface area contributed by atoms with Crippen molar-refractivity contribution < 1.29 is 9.53 Å². The van der Waals surface area contributed by atoms with Crippen LogP contribution in [0.5, 0.6) is 5.75 Å². The summed E-state index contributed by atoms with van der Waals surface area (Å²) in [4.78, 5) is 14.7. The Morgan fingerprint density at radius 2 is 1.63 bits per heavy atom. The lowest BCUT2D eigenvalue weighted by atomic mass is 10.0. The molecule has 0 saturated heterocycles. The Bertz CT molecular complexity index is 1440. The number of amides is 1. The van der Waals surface area contributed by atoms with Gasteiger partial charge in [-0.15, -0.1) is 12.6 Å². The number of aromatic nitrogens is 2. The molecule has 0 radical (unpaired) electrons. The van der Waals surface area contributed by atoms with Gasteiger partial charge in [-0.25, -0.2) is 4.68 Å². The fourth-order valence-electron chi connectivity index (χ4n) is 4.06. The van der Waals surface area contributed by atoms with Gasteiger partial charge in [0, 0.05) is 23.0 Å². The summed E-state index contributed by atoms with van der Waals surface area (Å²) in [6, 6.07) is 28.9. The molecule has 4 aromatic rings. The molecule has 172 valence electrons. The van der Waals surface area contributed by atoms with Crippen molar-refractivity contribution in [1.29, 1.82) is 5.26 Å². The molecule has 1 aliphatic heterocycles. The largest absolute Gasteiger partial charge is 0.497 e. The van der Waals surface area contributed by atoms with E-state index in [1.54, 1.807) is 11.8 Å². The monoisotopic (exact) mass is 479 g/mol. The quantitative estimate of drug-likeness (QED) is 0.400. The van der Waals surface area contributed by atoms with Crippen LogP contribution < -0.4 is 15.0 Å². The Balaban J connectivity index is 1.71. The van der Waals surface area contributed by atoms with Gasteiger partial charge in [-0.3, -0.25) is 4.79 Å². The van der Waals surface area contributed by atoms with Crippen molar-refractivity contribution in [1.82, 2.24) is 15.1 Å². The van der Waals surface area contributed by atoms with Crippen LogP contribution in [0.25, 0.3) is 16.9 Å². The highest BCUT2D eigenvalue weighted by Crippen LogP contribution is 2.39. The fraction of sp³-hybridized carbons (Fsp3) is 0.0741. The Kier molecular flexibility index (Phi) is 6.00. The molecule has 1 unspecified atom stereocenters. The van der Waals surface area contributed by atoms with Crippen LogP contribution in [0.4, 0.5) is 5.69 Å². The van der Waals surface area contributed by atoms with E-state index in [0.29, 0.717) is 11.4 Å². The van der Waals surface area contributed by atoms with Crippen molar-refractivity contribution in [2.75, 3.05) is 12.0 Å². The normalized spacial score (nSPS) is 15.5. The minimum absolute atomic E-state index is 0.0582. The molecule has 0 fully saturated rings. The molecular formula is C27H21N5O2S. The molecule has 0 saturated carbocycles. The van der Waals surface area contributed by atoms with E-state index >= 15 is 0 Å². The van der Waals surface area contributed by atoms with Gasteiger partial charge in [0.05, 0.1) is 23.5 Å². The van der Waals surface area contributed by atoms with Crippen LogP contribution in [0.3, 0.4) is 0 Å². The number of ether oxygens (including phenoxy) is 1. The fourth-order valence-corrected chi connectivity index (χ4v) is 4.44. The molecule has 0 aliphatic carbocycles. The average Bonchev–Trinajstić information content (AvgIpc) is 3.35. The number of rotatable bonds is 5. The lowest BCUT2D eigenvalue weighted by Crippen LogP contribution is -2.46. The van der Waals surface area contributed by atoms with Crippen LogP contribution in [0.1, 0.15) is 11.7 Å². The minimum atomic E-state index is -0.659. The number of nitriles is 1. The lowest BCUT2D eigenvalue weighted by molar-refractivity contribution is -0.118. The van der Waals surface area contributed by atoms with Gasteiger partial charge in [0.1, 0.15) is 23.6 Å². The van der Waals surface area contributed by atoms with E-state index in [4.69, 9.17) is 9.84 Å². The van der Waals surface area contributed by atoms with Gasteiger partial charge in [-0.2, -0.15) is 10.4 Å². The number of anilines is 1. The Morgan fingerprint density at radius 3 is 2.26 bits per heavy atom. The predicted molar refractivity (Wildman–Crippen MR) is 137 cm³/mol. The molecule has 0 spiro atoms. The molecule has 8 heteroatoms. The molecule has 1 N–H and O–H groups in total. The molecule has 1 atom stereocenters. The molecule has 2 heterocycles. The number of nitrogens with zero attached hydrogens (tertiary/aromatic N) is 4. The maximum Gasteiger partial charge on any atom is 0.266 e. The predicted octanol–water partition coefficient (Wildman–Crippen LogP) is 4.85. The zero-order chi connectivity index (χ0) is 24.4. The Labute approximate surface area is 208 Å². The number of thiol groups is 1. The molecule has 3 aromatic carbocycles. The summed E-state index contributed by atoms with van der Waals surface area (Å²) in [6.45, 7) is 0. The number of hydrogen-bond acceptors (Lipinski definition) is 6. The minimum Gasteiger partial charge on any atom is -0.497 e. The summed E-state index contributed by atoms with van der Waals surface area (Å²) in [7, 11) is 1.60. The van der Waals surface area contributed by atoms with Crippen LogP contribution in [-0.4, -0.2) is 22.8 Å². The average molecular weight is 480 g/mol. The molecule has 0 bridgehead atoms. The number of hydrogen-bond donors (Lipinski definition) is 2. The molecular weight excluding hydrogens is 458 g/mol. The summed E-state index contributed by atoms with van der Waals surface area (Å²) in [5.74, 6) is 0.206. The number of benzene rings is 3. The number of carbonyl (C=O) groups is 1. The van der Waals surface area contributed by atoms with Crippen LogP contribution in [0, 0.1) is 11.3 Å². The topological polar surface area (TPSA) is 83.2 Å². The molecule has 1 aliphatic rings. The van der Waals surface area contributed by atoms with E-state index in [2.05, 4.69) is 17.9 Å². The summed E-state index contributed by atoms with van der Waals surface area (Å²) < 4.78 is 7.09. The van der Waals surface area contributed by atoms with Crippen molar-refractivity contribution in [3.8, 4) is 28.8 Å². The highest BCUT2D eigenvalue weighted by atomic mass is 32.1. The first kappa shape index (κ1) is 22.3. The SMILES string of the molecule is COc1ccc(N2C(S)=C(C#N)C(=O)NC2c2cn(-c3ccccc3)nc2-c2ccccc2)cc1. The maximum absolute atomic E-state index is 12.9. The van der Waals surface area contributed by atoms with Crippen molar-refractivity contribution in [2.24, 2.45) is 0 Å². The molecule has 1 aromatic heterocycles. The second-order valence-electron chi connectivity index (χ2n) is 7.83. The standard InChI is InChI=1S/C27H21N5O2S/c1-34-21-14-12-20(13-15-21)32-25(29-26(33)22(16-28)27(32)35)23-17-31(19-10-6-3-7-11-19)30-24(23)18-8-4-2-5-9-18/h2-15,17,25,35H,1H3,(H,29,33). The third-order valence-corrected chi connectivity index (χ3v) is 6.21. The van der Waals surface area contributed by atoms with Crippen LogP contribution in [-0.2, 0) is 4.79 Å². The van der Waals surface area contributed by atoms with Crippen molar-refractivity contribution >= 4 is 24.2 Å². The summed E-state index contributed by atoms with van der Waals surface area (Å²) >= 11 is 4.62. The molecule has 1 amide bonds. The number of para-hydroxylation sites is 1. The zero-order valence-electron chi connectivity index (χ0n) is 18.8. The van der Waals surface area contributed by atoms with Crippen LogP contribution in [0.15, 0.2) is 102 Å². The maximum atomic E-state index is 12.9. The second kappa shape index (κ2) is 9.41. The van der Waals surface area contributed by atoms with E-state index in [-0.39, 0.29) is 10.6 Å². The van der Waals surface area contributed by atoms with Gasteiger partial charge in [0.2, 0.25) is 0 Å². The first-order valence-electron chi connectivity index (χ1n) is 10.9. The van der Waals surface area contributed by atoms with Gasteiger partial charge in [-0.05, 0) is 36.4 Å². The highest BCUT2D eigenvalue weighted by molar-refractivity contribution is 7.84. The Hall–Kier alpha value is -4.48. The van der Waals surface area contributed by atoms with Gasteiger partial charge in [0.15, 0.2) is 0 Å². The van der Waals surface area contributed by atoms with Crippen LogP contribution >= 0.6 is 12.6 Å². The van der Waals surface area contributed by atoms with E-state index in [1.165, 1.54) is 0 Å². The van der Waals surface area contributed by atoms with Crippen molar-refractivity contribution in [3.63, 3.8) is 0 Å². The van der Waals surface area contributed by atoms with Gasteiger partial charge >= 0.3 is 0 Å². The third-order valence-electron chi connectivity index (χ3n) is 5.77. The first-order valence-corrected chi connectivity index (χ1v) is 11.3. The molecule has 5 rings (SSSR count). The number of nitrogens with one attached hydrogen (secondary N) is 1. The lowest BCUT2D eigenvalue weighted by Gasteiger charge is -2.37. The zero-order valence-corrected chi connectivity index (χ0v) is 19.7. The summed E-state index contributed by atoms with van der Waals surface area (Å²) in [5, 5.41) is 17.8. The van der Waals surface area contributed by atoms with E-state index < -0.39 is 12.1 Å². The molecule has 7 nitrogen and oxygen atoms in total. The van der Waals surface area contributed by atoms with Crippen molar-refractivity contribution in [3.05, 3.63) is 107 Å². The number of carbonyl (C=O) groups excluding carboxylic acids is 1. The van der Waals surface area contributed by atoms with Crippen molar-refractivity contribution in [2.45, 2.75) is 6.17 Å². The number of methoxy groups -OCH3 is 1.